The normalized spacial score (nSPS) is 17.2. The van der Waals surface area contributed by atoms with Crippen molar-refractivity contribution in [2.24, 2.45) is 5.92 Å². The molecule has 1 saturated carbocycles. The van der Waals surface area contributed by atoms with Gasteiger partial charge >= 0.3 is 12.1 Å². The number of amides is 1. The van der Waals surface area contributed by atoms with Crippen LogP contribution < -0.4 is 5.32 Å². The van der Waals surface area contributed by atoms with E-state index in [-0.39, 0.29) is 48.5 Å². The predicted octanol–water partition coefficient (Wildman–Crippen LogP) is 5.73. The zero-order valence-electron chi connectivity index (χ0n) is 25.0. The summed E-state index contributed by atoms with van der Waals surface area (Å²) in [4.78, 5) is 29.0. The Morgan fingerprint density at radius 2 is 1.72 bits per heavy atom. The van der Waals surface area contributed by atoms with Crippen LogP contribution in [-0.2, 0) is 32.8 Å². The van der Waals surface area contributed by atoms with Crippen LogP contribution in [0.4, 0.5) is 13.2 Å². The van der Waals surface area contributed by atoms with Crippen molar-refractivity contribution in [3.63, 3.8) is 0 Å². The van der Waals surface area contributed by atoms with Crippen LogP contribution in [0.1, 0.15) is 69.9 Å². The lowest BCUT2D eigenvalue weighted by Crippen LogP contribution is -2.37. The molecule has 2 aromatic heterocycles. The molecule has 0 unspecified atom stereocenters. The number of ether oxygens (including phenoxy) is 1. The van der Waals surface area contributed by atoms with Gasteiger partial charge < -0.3 is 10.1 Å². The summed E-state index contributed by atoms with van der Waals surface area (Å²) in [5.74, 6) is -0.858. The number of hydrogen-bond donors (Lipinski definition) is 2. The average Bonchev–Trinajstić information content (AvgIpc) is 3.46. The Morgan fingerprint density at radius 3 is 2.37 bits per heavy atom. The Morgan fingerprint density at radius 1 is 1.05 bits per heavy atom. The maximum atomic E-state index is 13.3. The number of aryl methyl sites for hydroxylation is 1. The molecule has 4 aromatic rings. The SMILES string of the molecule is Cc1nn(CC(=O)OC(C)(C)C)c2ccc(-c3ccc([C@H]4C[C@@H]4C(=O)NCc4nc(C(C)(C)C(F)(F)F)n[nH]4)cc3)cc12. The van der Waals surface area contributed by atoms with Gasteiger partial charge in [0.1, 0.15) is 23.4 Å². The summed E-state index contributed by atoms with van der Waals surface area (Å²) >= 11 is 0. The summed E-state index contributed by atoms with van der Waals surface area (Å²) in [5, 5.41) is 14.4. The number of hydrogen-bond acceptors (Lipinski definition) is 6. The van der Waals surface area contributed by atoms with E-state index in [9.17, 15) is 22.8 Å². The minimum absolute atomic E-state index is 0.0292. The van der Waals surface area contributed by atoms with Crippen molar-refractivity contribution < 1.29 is 27.5 Å². The van der Waals surface area contributed by atoms with Crippen molar-refractivity contribution in [3.05, 3.63) is 65.4 Å². The van der Waals surface area contributed by atoms with Crippen molar-refractivity contribution in [3.8, 4) is 11.1 Å². The number of aromatic nitrogens is 5. The maximum Gasteiger partial charge on any atom is 0.401 e. The molecule has 0 spiro atoms. The number of esters is 1. The Labute approximate surface area is 247 Å². The van der Waals surface area contributed by atoms with Crippen molar-refractivity contribution in [1.29, 1.82) is 0 Å². The molecule has 0 saturated heterocycles. The summed E-state index contributed by atoms with van der Waals surface area (Å²) in [7, 11) is 0. The molecule has 0 aliphatic heterocycles. The van der Waals surface area contributed by atoms with Crippen LogP contribution in [-0.4, -0.2) is 48.6 Å². The third-order valence-electron chi connectivity index (χ3n) is 7.66. The molecule has 2 heterocycles. The lowest BCUT2D eigenvalue weighted by atomic mass is 9.92. The van der Waals surface area contributed by atoms with E-state index in [2.05, 4.69) is 31.7 Å². The van der Waals surface area contributed by atoms with Crippen molar-refractivity contribution in [2.75, 3.05) is 0 Å². The zero-order valence-corrected chi connectivity index (χ0v) is 25.0. The van der Waals surface area contributed by atoms with Crippen LogP contribution in [0.3, 0.4) is 0 Å². The molecule has 1 aliphatic rings. The molecular formula is C31H35F3N6O3. The number of carbonyl (C=O) groups is 2. The van der Waals surface area contributed by atoms with Crippen molar-refractivity contribution in [2.45, 2.75) is 84.2 Å². The molecule has 0 bridgehead atoms. The van der Waals surface area contributed by atoms with Gasteiger partial charge in [-0.05, 0) is 82.7 Å². The Balaban J connectivity index is 1.19. The van der Waals surface area contributed by atoms with E-state index in [1.807, 2.05) is 64.1 Å². The van der Waals surface area contributed by atoms with E-state index >= 15 is 0 Å². The van der Waals surface area contributed by atoms with Crippen LogP contribution in [0.5, 0.6) is 0 Å². The average molecular weight is 597 g/mol. The number of halogens is 3. The molecule has 228 valence electrons. The molecule has 1 amide bonds. The first kappa shape index (κ1) is 30.2. The topological polar surface area (TPSA) is 115 Å². The second kappa shape index (κ2) is 10.8. The van der Waals surface area contributed by atoms with Gasteiger partial charge in [0, 0.05) is 11.3 Å². The molecular weight excluding hydrogens is 561 g/mol. The van der Waals surface area contributed by atoms with Gasteiger partial charge in [0.2, 0.25) is 5.91 Å². The van der Waals surface area contributed by atoms with Gasteiger partial charge in [-0.15, -0.1) is 0 Å². The number of fused-ring (bicyclic) bond motifs is 1. The van der Waals surface area contributed by atoms with E-state index in [0.29, 0.717) is 6.42 Å². The maximum absolute atomic E-state index is 13.3. The molecule has 1 aliphatic carbocycles. The quantitative estimate of drug-likeness (QED) is 0.251. The molecule has 43 heavy (non-hydrogen) atoms. The number of nitrogens with zero attached hydrogens (tertiary/aromatic N) is 4. The van der Waals surface area contributed by atoms with Gasteiger partial charge in [0.25, 0.3) is 0 Å². The summed E-state index contributed by atoms with van der Waals surface area (Å²) in [6.45, 7) is 9.42. The predicted molar refractivity (Wildman–Crippen MR) is 154 cm³/mol. The number of aromatic amines is 1. The summed E-state index contributed by atoms with van der Waals surface area (Å²) in [6, 6.07) is 14.0. The molecule has 2 N–H and O–H groups in total. The fourth-order valence-corrected chi connectivity index (χ4v) is 4.99. The summed E-state index contributed by atoms with van der Waals surface area (Å²) in [6.07, 6.45) is -3.80. The lowest BCUT2D eigenvalue weighted by Gasteiger charge is -2.24. The number of carbonyl (C=O) groups excluding carboxylic acids is 2. The van der Waals surface area contributed by atoms with Crippen LogP contribution >= 0.6 is 0 Å². The van der Waals surface area contributed by atoms with Gasteiger partial charge in [-0.1, -0.05) is 30.3 Å². The van der Waals surface area contributed by atoms with Crippen LogP contribution in [0, 0.1) is 12.8 Å². The van der Waals surface area contributed by atoms with Crippen LogP contribution in [0.25, 0.3) is 22.0 Å². The summed E-state index contributed by atoms with van der Waals surface area (Å²) in [5.41, 5.74) is 1.95. The number of alkyl halides is 3. The van der Waals surface area contributed by atoms with Gasteiger partial charge in [0.15, 0.2) is 5.82 Å². The van der Waals surface area contributed by atoms with E-state index in [4.69, 9.17) is 4.74 Å². The fraction of sp³-hybridized carbons (Fsp3) is 0.452. The first-order chi connectivity index (χ1) is 20.0. The van der Waals surface area contributed by atoms with Gasteiger partial charge in [-0.2, -0.15) is 23.4 Å². The molecule has 9 nitrogen and oxygen atoms in total. The number of H-pyrrole nitrogens is 1. The van der Waals surface area contributed by atoms with Gasteiger partial charge in [-0.3, -0.25) is 19.4 Å². The minimum atomic E-state index is -4.50. The number of rotatable bonds is 8. The third kappa shape index (κ3) is 6.42. The standard InChI is InChI=1S/C31H35F3N6O3/c1-17-21-13-20(11-12-24(21)40(39-17)16-26(41)43-29(2,3)4)18-7-9-19(10-8-18)22-14-23(22)27(42)35-15-25-36-28(38-37-25)30(5,6)31(32,33)34/h7-13,22-23H,14-16H2,1-6H3,(H,35,42)(H,36,37,38)/t22-,23+/m1/s1. The van der Waals surface area contributed by atoms with E-state index in [1.54, 1.807) is 4.68 Å². The second-order valence-corrected chi connectivity index (χ2v) is 12.6. The van der Waals surface area contributed by atoms with Gasteiger partial charge in [0.05, 0.1) is 17.8 Å². The minimum Gasteiger partial charge on any atom is -0.459 e. The Kier molecular flexibility index (Phi) is 7.60. The van der Waals surface area contributed by atoms with E-state index in [0.717, 1.165) is 47.1 Å². The van der Waals surface area contributed by atoms with Crippen LogP contribution in [0.15, 0.2) is 42.5 Å². The highest BCUT2D eigenvalue weighted by Crippen LogP contribution is 2.48. The summed E-state index contributed by atoms with van der Waals surface area (Å²) < 4.78 is 46.9. The molecule has 0 radical (unpaired) electrons. The van der Waals surface area contributed by atoms with Crippen LogP contribution in [0.2, 0.25) is 0 Å². The lowest BCUT2D eigenvalue weighted by molar-refractivity contribution is -0.182. The molecule has 1 fully saturated rings. The molecule has 12 heteroatoms. The molecule has 2 aromatic carbocycles. The number of nitrogens with one attached hydrogen (secondary N) is 2. The Bertz CT molecular complexity index is 1660. The number of benzene rings is 2. The fourth-order valence-electron chi connectivity index (χ4n) is 4.99. The van der Waals surface area contributed by atoms with Crippen molar-refractivity contribution >= 4 is 22.8 Å². The monoisotopic (exact) mass is 596 g/mol. The highest BCUT2D eigenvalue weighted by molar-refractivity contribution is 5.88. The van der Waals surface area contributed by atoms with Crippen molar-refractivity contribution in [1.82, 2.24) is 30.3 Å². The molecule has 2 atom stereocenters. The smallest absolute Gasteiger partial charge is 0.401 e. The highest BCUT2D eigenvalue weighted by Gasteiger charge is 2.51. The largest absolute Gasteiger partial charge is 0.459 e. The highest BCUT2D eigenvalue weighted by atomic mass is 19.4. The van der Waals surface area contributed by atoms with E-state index in [1.165, 1.54) is 0 Å². The van der Waals surface area contributed by atoms with Gasteiger partial charge in [-0.25, -0.2) is 4.98 Å². The molecule has 5 rings (SSSR count). The Hall–Kier alpha value is -4.22. The zero-order chi connectivity index (χ0) is 31.3. The first-order valence-corrected chi connectivity index (χ1v) is 14.1. The first-order valence-electron chi connectivity index (χ1n) is 14.1. The third-order valence-corrected chi connectivity index (χ3v) is 7.66. The van der Waals surface area contributed by atoms with E-state index < -0.39 is 17.2 Å². The second-order valence-electron chi connectivity index (χ2n) is 12.6.